The predicted molar refractivity (Wildman–Crippen MR) is 84.5 cm³/mol. The molecule has 2 amide bonds. The first-order valence-electron chi connectivity index (χ1n) is 7.16. The van der Waals surface area contributed by atoms with E-state index in [1.165, 1.54) is 0 Å². The number of carbonyl (C=O) groups is 1. The lowest BCUT2D eigenvalue weighted by molar-refractivity contribution is 0.249. The number of anilines is 1. The molecule has 2 rings (SSSR count). The second kappa shape index (κ2) is 6.13. The number of aromatic nitrogens is 4. The summed E-state index contributed by atoms with van der Waals surface area (Å²) in [5.41, 5.74) is 1.75. The molecule has 2 aromatic heterocycles. The zero-order chi connectivity index (χ0) is 16.3. The molecule has 118 valence electrons. The van der Waals surface area contributed by atoms with Gasteiger partial charge < -0.3 is 5.32 Å². The minimum Gasteiger partial charge on any atom is -0.331 e. The number of hydrogen-bond acceptors (Lipinski definition) is 4. The highest BCUT2D eigenvalue weighted by Crippen LogP contribution is 2.19. The van der Waals surface area contributed by atoms with E-state index >= 15 is 0 Å². The first-order chi connectivity index (χ1) is 10.3. The van der Waals surface area contributed by atoms with Gasteiger partial charge in [-0.05, 0) is 19.1 Å². The summed E-state index contributed by atoms with van der Waals surface area (Å²) < 4.78 is 1.70. The van der Waals surface area contributed by atoms with Crippen molar-refractivity contribution in [1.29, 1.82) is 0 Å². The van der Waals surface area contributed by atoms with E-state index in [1.807, 2.05) is 26.2 Å². The molecule has 2 N–H and O–H groups in total. The van der Waals surface area contributed by atoms with E-state index in [2.05, 4.69) is 46.7 Å². The van der Waals surface area contributed by atoms with Gasteiger partial charge in [0.05, 0.1) is 17.9 Å². The molecule has 22 heavy (non-hydrogen) atoms. The van der Waals surface area contributed by atoms with Crippen molar-refractivity contribution in [3.8, 4) is 0 Å². The van der Waals surface area contributed by atoms with Crippen molar-refractivity contribution in [3.05, 3.63) is 35.8 Å². The molecule has 0 unspecified atom stereocenters. The zero-order valence-electron chi connectivity index (χ0n) is 13.6. The fourth-order valence-corrected chi connectivity index (χ4v) is 1.90. The van der Waals surface area contributed by atoms with E-state index < -0.39 is 0 Å². The lowest BCUT2D eigenvalue weighted by atomic mass is 9.92. The van der Waals surface area contributed by atoms with E-state index in [9.17, 15) is 4.79 Å². The Hall–Kier alpha value is -2.44. The Morgan fingerprint density at radius 1 is 1.27 bits per heavy atom. The van der Waals surface area contributed by atoms with Gasteiger partial charge in [-0.1, -0.05) is 20.8 Å². The summed E-state index contributed by atoms with van der Waals surface area (Å²) in [7, 11) is 1.84. The second-order valence-electron chi connectivity index (χ2n) is 6.32. The van der Waals surface area contributed by atoms with E-state index in [0.717, 1.165) is 11.3 Å². The fraction of sp³-hybridized carbons (Fsp3) is 0.467. The molecule has 0 aliphatic rings. The van der Waals surface area contributed by atoms with Crippen LogP contribution in [0.5, 0.6) is 0 Å². The standard InChI is InChI=1S/C15H22N6O/c1-10(11-8-16-21(5)9-11)17-14(22)18-13-7-6-12(19-20-13)15(2,3)4/h6-10H,1-5H3,(H2,17,18,20,22)/t10-/m0/s1. The zero-order valence-corrected chi connectivity index (χ0v) is 13.6. The maximum Gasteiger partial charge on any atom is 0.320 e. The van der Waals surface area contributed by atoms with Crippen molar-refractivity contribution >= 4 is 11.8 Å². The summed E-state index contributed by atoms with van der Waals surface area (Å²) >= 11 is 0. The molecule has 2 heterocycles. The van der Waals surface area contributed by atoms with Crippen LogP contribution >= 0.6 is 0 Å². The fourth-order valence-electron chi connectivity index (χ4n) is 1.90. The van der Waals surface area contributed by atoms with E-state index in [4.69, 9.17) is 0 Å². The smallest absolute Gasteiger partial charge is 0.320 e. The first-order valence-corrected chi connectivity index (χ1v) is 7.16. The molecule has 0 radical (unpaired) electrons. The average Bonchev–Trinajstić information content (AvgIpc) is 2.85. The molecule has 0 fully saturated rings. The predicted octanol–water partition coefficient (Wildman–Crippen LogP) is 2.39. The molecule has 0 bridgehead atoms. The van der Waals surface area contributed by atoms with Gasteiger partial charge in [0.1, 0.15) is 0 Å². The Balaban J connectivity index is 1.94. The molecule has 2 aromatic rings. The lowest BCUT2D eigenvalue weighted by Gasteiger charge is -2.17. The summed E-state index contributed by atoms with van der Waals surface area (Å²) in [5, 5.41) is 17.8. The minimum atomic E-state index is -0.325. The van der Waals surface area contributed by atoms with E-state index in [-0.39, 0.29) is 17.5 Å². The molecular weight excluding hydrogens is 280 g/mol. The van der Waals surface area contributed by atoms with Crippen LogP contribution in [0.1, 0.15) is 45.0 Å². The van der Waals surface area contributed by atoms with Crippen LogP contribution in [0.15, 0.2) is 24.5 Å². The van der Waals surface area contributed by atoms with Crippen molar-refractivity contribution in [2.45, 2.75) is 39.2 Å². The minimum absolute atomic E-state index is 0.0669. The van der Waals surface area contributed by atoms with Crippen LogP contribution in [0.2, 0.25) is 0 Å². The monoisotopic (exact) mass is 302 g/mol. The highest BCUT2D eigenvalue weighted by atomic mass is 16.2. The number of urea groups is 1. The molecular formula is C15H22N6O. The van der Waals surface area contributed by atoms with Gasteiger partial charge in [-0.25, -0.2) is 4.79 Å². The van der Waals surface area contributed by atoms with Crippen molar-refractivity contribution in [2.75, 3.05) is 5.32 Å². The summed E-state index contributed by atoms with van der Waals surface area (Å²) in [6, 6.07) is 3.15. The molecule has 0 saturated heterocycles. The Labute approximate surface area is 130 Å². The molecule has 0 saturated carbocycles. The van der Waals surface area contributed by atoms with Crippen LogP contribution in [-0.4, -0.2) is 26.0 Å². The summed E-state index contributed by atoms with van der Waals surface area (Å²) in [6.45, 7) is 8.08. The second-order valence-corrected chi connectivity index (χ2v) is 6.32. The topological polar surface area (TPSA) is 84.7 Å². The Kier molecular flexibility index (Phi) is 4.44. The van der Waals surface area contributed by atoms with Gasteiger partial charge >= 0.3 is 6.03 Å². The number of rotatable bonds is 3. The lowest BCUT2D eigenvalue weighted by Crippen LogP contribution is -2.31. The number of nitrogens with zero attached hydrogens (tertiary/aromatic N) is 4. The van der Waals surface area contributed by atoms with Crippen LogP contribution in [0.4, 0.5) is 10.6 Å². The number of carbonyl (C=O) groups excluding carboxylic acids is 1. The molecule has 0 aromatic carbocycles. The van der Waals surface area contributed by atoms with E-state index in [1.54, 1.807) is 16.9 Å². The van der Waals surface area contributed by atoms with Gasteiger partial charge in [0, 0.05) is 24.2 Å². The third-order valence-electron chi connectivity index (χ3n) is 3.25. The molecule has 7 heteroatoms. The molecule has 7 nitrogen and oxygen atoms in total. The van der Waals surface area contributed by atoms with Gasteiger partial charge in [-0.15, -0.1) is 5.10 Å². The van der Waals surface area contributed by atoms with Gasteiger partial charge in [-0.3, -0.25) is 10.00 Å². The molecule has 0 aliphatic heterocycles. The van der Waals surface area contributed by atoms with Crippen molar-refractivity contribution in [2.24, 2.45) is 7.05 Å². The maximum atomic E-state index is 12.0. The SMILES string of the molecule is C[C@H](NC(=O)Nc1ccc(C(C)(C)C)nn1)c1cnn(C)c1. The highest BCUT2D eigenvalue weighted by Gasteiger charge is 2.16. The summed E-state index contributed by atoms with van der Waals surface area (Å²) in [6.07, 6.45) is 3.59. The van der Waals surface area contributed by atoms with Crippen LogP contribution in [0.3, 0.4) is 0 Å². The van der Waals surface area contributed by atoms with Crippen LogP contribution in [0.25, 0.3) is 0 Å². The third kappa shape index (κ3) is 4.03. The van der Waals surface area contributed by atoms with Crippen molar-refractivity contribution < 1.29 is 4.79 Å². The third-order valence-corrected chi connectivity index (χ3v) is 3.25. The normalized spacial score (nSPS) is 12.8. The molecule has 0 aliphatic carbocycles. The van der Waals surface area contributed by atoms with Crippen molar-refractivity contribution in [3.63, 3.8) is 0 Å². The first kappa shape index (κ1) is 15.9. The number of amides is 2. The van der Waals surface area contributed by atoms with Gasteiger partial charge in [0.15, 0.2) is 5.82 Å². The van der Waals surface area contributed by atoms with Crippen LogP contribution in [0, 0.1) is 0 Å². The Morgan fingerprint density at radius 3 is 2.50 bits per heavy atom. The maximum absolute atomic E-state index is 12.0. The Morgan fingerprint density at radius 2 is 2.00 bits per heavy atom. The van der Waals surface area contributed by atoms with Gasteiger partial charge in [0.25, 0.3) is 0 Å². The van der Waals surface area contributed by atoms with Gasteiger partial charge in [-0.2, -0.15) is 10.2 Å². The van der Waals surface area contributed by atoms with Crippen LogP contribution in [-0.2, 0) is 12.5 Å². The highest BCUT2D eigenvalue weighted by molar-refractivity contribution is 5.88. The molecule has 1 atom stereocenters. The summed E-state index contributed by atoms with van der Waals surface area (Å²) in [5.74, 6) is 0.420. The van der Waals surface area contributed by atoms with Crippen molar-refractivity contribution in [1.82, 2.24) is 25.3 Å². The number of aryl methyl sites for hydroxylation is 1. The molecule has 0 spiro atoms. The van der Waals surface area contributed by atoms with Crippen LogP contribution < -0.4 is 10.6 Å². The summed E-state index contributed by atoms with van der Waals surface area (Å²) in [4.78, 5) is 12.0. The largest absolute Gasteiger partial charge is 0.331 e. The van der Waals surface area contributed by atoms with Gasteiger partial charge in [0.2, 0.25) is 0 Å². The quantitative estimate of drug-likeness (QED) is 0.911. The van der Waals surface area contributed by atoms with E-state index in [0.29, 0.717) is 5.82 Å². The average molecular weight is 302 g/mol. The number of nitrogens with one attached hydrogen (secondary N) is 2. The number of hydrogen-bond donors (Lipinski definition) is 2. The Bertz CT molecular complexity index is 641.